The van der Waals surface area contributed by atoms with Crippen molar-refractivity contribution in [3.05, 3.63) is 0 Å². The van der Waals surface area contributed by atoms with Gasteiger partial charge in [-0.1, -0.05) is 0 Å². The zero-order chi connectivity index (χ0) is 11.7. The maximum absolute atomic E-state index is 11.3. The highest BCUT2D eigenvalue weighted by Crippen LogP contribution is 2.08. The predicted octanol–water partition coefficient (Wildman–Crippen LogP) is 1.08. The summed E-state index contributed by atoms with van der Waals surface area (Å²) in [4.78, 5) is 11.3. The minimum atomic E-state index is -0.387. The van der Waals surface area contributed by atoms with Crippen LogP contribution < -0.4 is 5.32 Å². The topological polar surface area (TPSA) is 58.6 Å². The van der Waals surface area contributed by atoms with Gasteiger partial charge in [-0.25, -0.2) is 0 Å². The quantitative estimate of drug-likeness (QED) is 0.495. The van der Waals surface area contributed by atoms with Crippen LogP contribution in [0.3, 0.4) is 0 Å². The van der Waals surface area contributed by atoms with E-state index in [1.165, 1.54) is 0 Å². The van der Waals surface area contributed by atoms with Gasteiger partial charge in [0.25, 0.3) is 0 Å². The van der Waals surface area contributed by atoms with Crippen LogP contribution in [0.4, 0.5) is 0 Å². The maximum Gasteiger partial charge on any atom is 0.306 e. The molecule has 0 rings (SSSR count). The molecule has 0 atom stereocenters. The van der Waals surface area contributed by atoms with Crippen molar-refractivity contribution in [3.8, 4) is 0 Å². The lowest BCUT2D eigenvalue weighted by Crippen LogP contribution is -2.25. The molecule has 4 heteroatoms. The molecule has 0 aliphatic rings. The molecule has 4 nitrogen and oxygen atoms in total. The summed E-state index contributed by atoms with van der Waals surface area (Å²) < 4.78 is 5.16. The molecule has 0 aliphatic heterocycles. The smallest absolute Gasteiger partial charge is 0.306 e. The fourth-order valence-electron chi connectivity index (χ4n) is 1.08. The molecule has 0 unspecified atom stereocenters. The molecule has 0 aromatic heterocycles. The second kappa shape index (κ2) is 7.65. The first kappa shape index (κ1) is 14.4. The molecule has 0 saturated heterocycles. The van der Waals surface area contributed by atoms with Crippen LogP contribution in [-0.4, -0.2) is 36.4 Å². The number of carbonyl (C=O) groups excluding carboxylic acids is 1. The van der Waals surface area contributed by atoms with Crippen LogP contribution in [0, 0.1) is 0 Å². The summed E-state index contributed by atoms with van der Waals surface area (Å²) in [7, 11) is 0. The zero-order valence-corrected chi connectivity index (χ0v) is 10.0. The largest absolute Gasteiger partial charge is 0.460 e. The van der Waals surface area contributed by atoms with Crippen molar-refractivity contribution in [3.63, 3.8) is 0 Å². The third-order valence-electron chi connectivity index (χ3n) is 1.67. The Bertz CT molecular complexity index is 175. The fraction of sp³-hybridized carbons (Fsp3) is 0.909. The lowest BCUT2D eigenvalue weighted by atomic mass is 10.2. The zero-order valence-electron chi connectivity index (χ0n) is 10.0. The van der Waals surface area contributed by atoms with E-state index in [9.17, 15) is 4.79 Å². The summed E-state index contributed by atoms with van der Waals surface area (Å²) in [5, 5.41) is 11.7. The Morgan fingerprint density at radius 2 is 1.87 bits per heavy atom. The second-order valence-electron chi connectivity index (χ2n) is 4.52. The third kappa shape index (κ3) is 11.3. The van der Waals surface area contributed by atoms with Crippen LogP contribution in [0.2, 0.25) is 0 Å². The van der Waals surface area contributed by atoms with Crippen molar-refractivity contribution in [1.82, 2.24) is 5.32 Å². The molecular formula is C11H23NO3. The number of ether oxygens (including phenoxy) is 1. The number of aliphatic hydroxyl groups is 1. The SMILES string of the molecule is CC(C)(C)OC(=O)CCCNCCCO. The first-order valence-corrected chi connectivity index (χ1v) is 5.49. The van der Waals surface area contributed by atoms with Gasteiger partial charge in [-0.2, -0.15) is 0 Å². The molecule has 0 aromatic carbocycles. The summed E-state index contributed by atoms with van der Waals surface area (Å²) in [6.45, 7) is 7.39. The number of rotatable bonds is 7. The normalized spacial score (nSPS) is 11.5. The molecule has 0 amide bonds. The summed E-state index contributed by atoms with van der Waals surface area (Å²) in [6.07, 6.45) is 1.98. The fourth-order valence-corrected chi connectivity index (χ4v) is 1.08. The van der Waals surface area contributed by atoms with Gasteiger partial charge in [0, 0.05) is 13.0 Å². The van der Waals surface area contributed by atoms with Gasteiger partial charge < -0.3 is 15.2 Å². The molecule has 0 spiro atoms. The van der Waals surface area contributed by atoms with E-state index in [2.05, 4.69) is 5.32 Å². The van der Waals surface area contributed by atoms with E-state index < -0.39 is 0 Å². The Labute approximate surface area is 92.0 Å². The predicted molar refractivity (Wildman–Crippen MR) is 59.7 cm³/mol. The standard InChI is InChI=1S/C11H23NO3/c1-11(2,3)15-10(14)6-4-7-12-8-5-9-13/h12-13H,4-9H2,1-3H3. The first-order valence-electron chi connectivity index (χ1n) is 5.49. The van der Waals surface area contributed by atoms with Crippen LogP contribution in [0.5, 0.6) is 0 Å². The molecule has 0 heterocycles. The van der Waals surface area contributed by atoms with Crippen molar-refractivity contribution in [2.45, 2.75) is 45.6 Å². The molecule has 0 fully saturated rings. The number of hydrogen-bond donors (Lipinski definition) is 2. The highest BCUT2D eigenvalue weighted by atomic mass is 16.6. The number of carbonyl (C=O) groups is 1. The molecule has 2 N–H and O–H groups in total. The van der Waals surface area contributed by atoms with Gasteiger partial charge in [0.2, 0.25) is 0 Å². The van der Waals surface area contributed by atoms with E-state index in [0.717, 1.165) is 25.9 Å². The third-order valence-corrected chi connectivity index (χ3v) is 1.67. The van der Waals surface area contributed by atoms with Crippen LogP contribution >= 0.6 is 0 Å². The van der Waals surface area contributed by atoms with E-state index >= 15 is 0 Å². The average molecular weight is 217 g/mol. The summed E-state index contributed by atoms with van der Waals surface area (Å²) in [5.74, 6) is -0.147. The van der Waals surface area contributed by atoms with Crippen LogP contribution in [-0.2, 0) is 9.53 Å². The minimum absolute atomic E-state index is 0.147. The van der Waals surface area contributed by atoms with Gasteiger partial charge in [0.15, 0.2) is 0 Å². The Morgan fingerprint density at radius 1 is 1.27 bits per heavy atom. The molecule has 0 aliphatic carbocycles. The van der Waals surface area contributed by atoms with Crippen molar-refractivity contribution >= 4 is 5.97 Å². The Hall–Kier alpha value is -0.610. The molecule has 0 aromatic rings. The highest BCUT2D eigenvalue weighted by molar-refractivity contribution is 5.69. The lowest BCUT2D eigenvalue weighted by molar-refractivity contribution is -0.154. The lowest BCUT2D eigenvalue weighted by Gasteiger charge is -2.19. The molecule has 90 valence electrons. The van der Waals surface area contributed by atoms with Gasteiger partial charge in [0.1, 0.15) is 5.60 Å². The first-order chi connectivity index (χ1) is 6.95. The average Bonchev–Trinajstić information content (AvgIpc) is 2.08. The summed E-state index contributed by atoms with van der Waals surface area (Å²) in [5.41, 5.74) is -0.387. The van der Waals surface area contributed by atoms with Crippen LogP contribution in [0.15, 0.2) is 0 Å². The van der Waals surface area contributed by atoms with Crippen molar-refractivity contribution in [2.24, 2.45) is 0 Å². The summed E-state index contributed by atoms with van der Waals surface area (Å²) in [6, 6.07) is 0. The van der Waals surface area contributed by atoms with Gasteiger partial charge in [-0.3, -0.25) is 4.79 Å². The van der Waals surface area contributed by atoms with Crippen molar-refractivity contribution in [1.29, 1.82) is 0 Å². The van der Waals surface area contributed by atoms with Crippen molar-refractivity contribution in [2.75, 3.05) is 19.7 Å². The number of esters is 1. The number of hydrogen-bond acceptors (Lipinski definition) is 4. The van der Waals surface area contributed by atoms with E-state index in [1.807, 2.05) is 20.8 Å². The molecule has 15 heavy (non-hydrogen) atoms. The minimum Gasteiger partial charge on any atom is -0.460 e. The molecule has 0 bridgehead atoms. The van der Waals surface area contributed by atoms with E-state index in [0.29, 0.717) is 6.42 Å². The van der Waals surface area contributed by atoms with Gasteiger partial charge >= 0.3 is 5.97 Å². The van der Waals surface area contributed by atoms with Crippen molar-refractivity contribution < 1.29 is 14.6 Å². The molecule has 0 radical (unpaired) electrons. The Kier molecular flexibility index (Phi) is 7.34. The monoisotopic (exact) mass is 217 g/mol. The van der Waals surface area contributed by atoms with Crippen LogP contribution in [0.25, 0.3) is 0 Å². The highest BCUT2D eigenvalue weighted by Gasteiger charge is 2.15. The van der Waals surface area contributed by atoms with E-state index in [1.54, 1.807) is 0 Å². The molecular weight excluding hydrogens is 194 g/mol. The Balaban J connectivity index is 3.32. The number of nitrogens with one attached hydrogen (secondary N) is 1. The van der Waals surface area contributed by atoms with Gasteiger partial charge in [0.05, 0.1) is 0 Å². The van der Waals surface area contributed by atoms with E-state index in [4.69, 9.17) is 9.84 Å². The van der Waals surface area contributed by atoms with Crippen LogP contribution in [0.1, 0.15) is 40.0 Å². The second-order valence-corrected chi connectivity index (χ2v) is 4.52. The molecule has 0 saturated carbocycles. The summed E-state index contributed by atoms with van der Waals surface area (Å²) >= 11 is 0. The Morgan fingerprint density at radius 3 is 2.40 bits per heavy atom. The van der Waals surface area contributed by atoms with Gasteiger partial charge in [-0.05, 0) is 46.7 Å². The maximum atomic E-state index is 11.3. The number of aliphatic hydroxyl groups excluding tert-OH is 1. The van der Waals surface area contributed by atoms with Gasteiger partial charge in [-0.15, -0.1) is 0 Å². The van der Waals surface area contributed by atoms with E-state index in [-0.39, 0.29) is 18.2 Å².